The number of hydrogen-bond donors (Lipinski definition) is 2. The number of benzene rings is 3. The van der Waals surface area contributed by atoms with Gasteiger partial charge in [0.05, 0.1) is 13.1 Å². The first-order valence-electron chi connectivity index (χ1n) is 12.3. The Labute approximate surface area is 222 Å². The van der Waals surface area contributed by atoms with Crippen LogP contribution in [0.15, 0.2) is 72.8 Å². The zero-order valence-corrected chi connectivity index (χ0v) is 20.7. The van der Waals surface area contributed by atoms with Crippen molar-refractivity contribution in [2.75, 3.05) is 19.8 Å². The van der Waals surface area contributed by atoms with Crippen molar-refractivity contribution >= 4 is 17.7 Å². The summed E-state index contributed by atoms with van der Waals surface area (Å²) < 4.78 is 63.7. The van der Waals surface area contributed by atoms with Crippen molar-refractivity contribution in [2.45, 2.75) is 30.7 Å². The van der Waals surface area contributed by atoms with Gasteiger partial charge in [-0.3, -0.25) is 10.2 Å². The molecule has 0 saturated carbocycles. The van der Waals surface area contributed by atoms with Gasteiger partial charge in [-0.15, -0.1) is 0 Å². The van der Waals surface area contributed by atoms with Crippen molar-refractivity contribution in [1.82, 2.24) is 10.2 Å². The largest absolute Gasteiger partial charge is 0.459 e. The highest BCUT2D eigenvalue weighted by Crippen LogP contribution is 2.50. The highest BCUT2D eigenvalue weighted by molar-refractivity contribution is 5.98. The van der Waals surface area contributed by atoms with Crippen LogP contribution in [-0.2, 0) is 22.1 Å². The number of nitrogens with zero attached hydrogens (tertiary/aromatic N) is 1. The third-order valence-corrected chi connectivity index (χ3v) is 7.06. The summed E-state index contributed by atoms with van der Waals surface area (Å²) in [5.41, 5.74) is -1.39. The lowest BCUT2D eigenvalue weighted by atomic mass is 10.0. The van der Waals surface area contributed by atoms with Gasteiger partial charge in [0.15, 0.2) is 5.67 Å². The van der Waals surface area contributed by atoms with E-state index in [4.69, 9.17) is 10.1 Å². The molecule has 5 rings (SSSR count). The van der Waals surface area contributed by atoms with Crippen molar-refractivity contribution in [1.29, 1.82) is 5.41 Å². The molecule has 202 valence electrons. The van der Waals surface area contributed by atoms with Crippen molar-refractivity contribution in [3.63, 3.8) is 0 Å². The predicted molar refractivity (Wildman–Crippen MR) is 136 cm³/mol. The van der Waals surface area contributed by atoms with Gasteiger partial charge in [0, 0.05) is 23.1 Å². The number of rotatable bonds is 7. The molecule has 1 saturated heterocycles. The van der Waals surface area contributed by atoms with E-state index in [9.17, 15) is 18.4 Å². The third-order valence-electron chi connectivity index (χ3n) is 7.06. The SMILES string of the molecule is N=C(CNC(=O)c1ccc2c(c1)C(F)(F)c1ccccc1-2)N1C[C@@](F)(CF)C[C@H]1C(=O)OCc1ccccc1. The summed E-state index contributed by atoms with van der Waals surface area (Å²) in [6, 6.07) is 17.7. The summed E-state index contributed by atoms with van der Waals surface area (Å²) in [6.07, 6.45) is -0.506. The number of amides is 1. The quantitative estimate of drug-likeness (QED) is 0.191. The van der Waals surface area contributed by atoms with Crippen LogP contribution in [0, 0.1) is 5.41 Å². The summed E-state index contributed by atoms with van der Waals surface area (Å²) in [4.78, 5) is 26.6. The first kappa shape index (κ1) is 26.4. The molecule has 1 amide bonds. The van der Waals surface area contributed by atoms with E-state index in [-0.39, 0.29) is 29.1 Å². The minimum absolute atomic E-state index is 0.0436. The minimum atomic E-state index is -3.27. The van der Waals surface area contributed by atoms with Crippen molar-refractivity contribution < 1.29 is 31.9 Å². The van der Waals surface area contributed by atoms with Crippen LogP contribution in [-0.4, -0.2) is 54.1 Å². The molecule has 2 atom stereocenters. The number of ether oxygens (including phenoxy) is 1. The van der Waals surface area contributed by atoms with Gasteiger partial charge in [0.2, 0.25) is 0 Å². The zero-order valence-electron chi connectivity index (χ0n) is 20.7. The van der Waals surface area contributed by atoms with E-state index < -0.39 is 55.7 Å². The van der Waals surface area contributed by atoms with E-state index in [1.807, 2.05) is 0 Å². The number of carbonyl (C=O) groups is 2. The van der Waals surface area contributed by atoms with E-state index in [2.05, 4.69) is 5.32 Å². The van der Waals surface area contributed by atoms with Gasteiger partial charge in [0.1, 0.15) is 25.2 Å². The number of fused-ring (bicyclic) bond motifs is 3. The molecule has 2 N–H and O–H groups in total. The fourth-order valence-electron chi connectivity index (χ4n) is 5.04. The average Bonchev–Trinajstić information content (AvgIpc) is 3.43. The van der Waals surface area contributed by atoms with E-state index >= 15 is 8.78 Å². The number of nitrogens with one attached hydrogen (secondary N) is 2. The van der Waals surface area contributed by atoms with Gasteiger partial charge in [-0.1, -0.05) is 60.7 Å². The molecule has 1 fully saturated rings. The molecule has 0 aromatic heterocycles. The van der Waals surface area contributed by atoms with Gasteiger partial charge in [-0.05, 0) is 28.8 Å². The van der Waals surface area contributed by atoms with Gasteiger partial charge in [-0.25, -0.2) is 13.6 Å². The Balaban J connectivity index is 1.26. The molecular formula is C29H25F4N3O3. The van der Waals surface area contributed by atoms with Crippen LogP contribution in [0.3, 0.4) is 0 Å². The van der Waals surface area contributed by atoms with Gasteiger partial charge in [-0.2, -0.15) is 8.78 Å². The summed E-state index contributed by atoms with van der Waals surface area (Å²) >= 11 is 0. The van der Waals surface area contributed by atoms with Crippen LogP contribution in [0.5, 0.6) is 0 Å². The molecule has 2 aliphatic rings. The Kier molecular flexibility index (Phi) is 6.88. The molecule has 0 unspecified atom stereocenters. The number of halogens is 4. The monoisotopic (exact) mass is 539 g/mol. The molecule has 3 aromatic rings. The normalized spacial score (nSPS) is 20.7. The molecule has 1 aliphatic carbocycles. The van der Waals surface area contributed by atoms with Crippen LogP contribution in [0.1, 0.15) is 33.5 Å². The number of alkyl halides is 4. The lowest BCUT2D eigenvalue weighted by Gasteiger charge is -2.25. The molecule has 1 heterocycles. The number of carbonyl (C=O) groups excluding carboxylic acids is 2. The molecule has 39 heavy (non-hydrogen) atoms. The molecule has 0 bridgehead atoms. The zero-order chi connectivity index (χ0) is 27.8. The fraction of sp³-hybridized carbons (Fsp3) is 0.276. The second kappa shape index (κ2) is 10.2. The first-order valence-corrected chi connectivity index (χ1v) is 12.3. The maximum absolute atomic E-state index is 15.0. The van der Waals surface area contributed by atoms with Crippen LogP contribution in [0.2, 0.25) is 0 Å². The average molecular weight is 540 g/mol. The Bertz CT molecular complexity index is 1430. The second-order valence-corrected chi connectivity index (χ2v) is 9.74. The molecule has 1 aliphatic heterocycles. The second-order valence-electron chi connectivity index (χ2n) is 9.74. The molecule has 0 radical (unpaired) electrons. The first-order chi connectivity index (χ1) is 18.6. The van der Waals surface area contributed by atoms with Crippen LogP contribution in [0.4, 0.5) is 17.6 Å². The highest BCUT2D eigenvalue weighted by Gasteiger charge is 2.49. The number of hydrogen-bond acceptors (Lipinski definition) is 4. The van der Waals surface area contributed by atoms with Crippen molar-refractivity contribution in [3.8, 4) is 11.1 Å². The molecule has 6 nitrogen and oxygen atoms in total. The Morgan fingerprint density at radius 1 is 0.974 bits per heavy atom. The van der Waals surface area contributed by atoms with Gasteiger partial charge in [0.25, 0.3) is 11.8 Å². The summed E-state index contributed by atoms with van der Waals surface area (Å²) in [5.74, 6) is -5.15. The number of likely N-dealkylation sites (tertiary alicyclic amines) is 1. The molecule has 0 spiro atoms. The predicted octanol–water partition coefficient (Wildman–Crippen LogP) is 5.01. The highest BCUT2D eigenvalue weighted by atomic mass is 19.3. The standard InChI is InChI=1S/C29H25F4N3O3/c30-16-28(31)13-24(27(38)39-15-18-6-2-1-3-7-18)36(17-28)25(34)14-35-26(37)19-10-11-21-20-8-4-5-9-22(20)29(32,33)23(21)12-19/h1-12,24,34H,13-17H2,(H,35,37)/t24-,28-/m0/s1. The lowest BCUT2D eigenvalue weighted by Crippen LogP contribution is -2.46. The van der Waals surface area contributed by atoms with Crippen LogP contribution >= 0.6 is 0 Å². The maximum Gasteiger partial charge on any atom is 0.329 e. The Hall–Kier alpha value is -4.21. The Morgan fingerprint density at radius 2 is 1.67 bits per heavy atom. The van der Waals surface area contributed by atoms with Crippen molar-refractivity contribution in [3.05, 3.63) is 95.1 Å². The molecular weight excluding hydrogens is 514 g/mol. The van der Waals surface area contributed by atoms with Gasteiger partial charge >= 0.3 is 5.97 Å². The lowest BCUT2D eigenvalue weighted by molar-refractivity contribution is -0.149. The van der Waals surface area contributed by atoms with E-state index in [1.165, 1.54) is 24.3 Å². The van der Waals surface area contributed by atoms with E-state index in [1.54, 1.807) is 42.5 Å². The van der Waals surface area contributed by atoms with Crippen LogP contribution in [0.25, 0.3) is 11.1 Å². The minimum Gasteiger partial charge on any atom is -0.459 e. The summed E-state index contributed by atoms with van der Waals surface area (Å²) in [5, 5.41) is 10.8. The summed E-state index contributed by atoms with van der Waals surface area (Å²) in [6.45, 7) is -2.42. The van der Waals surface area contributed by atoms with Gasteiger partial charge < -0.3 is 15.0 Å². The smallest absolute Gasteiger partial charge is 0.329 e. The maximum atomic E-state index is 15.0. The fourth-order valence-corrected chi connectivity index (χ4v) is 5.04. The Morgan fingerprint density at radius 3 is 2.41 bits per heavy atom. The topological polar surface area (TPSA) is 82.5 Å². The van der Waals surface area contributed by atoms with E-state index in [0.717, 1.165) is 11.0 Å². The van der Waals surface area contributed by atoms with Crippen molar-refractivity contribution in [2.24, 2.45) is 0 Å². The molecule has 10 heteroatoms. The van der Waals surface area contributed by atoms with E-state index in [0.29, 0.717) is 16.7 Å². The molecule has 3 aromatic carbocycles. The van der Waals surface area contributed by atoms with Crippen LogP contribution < -0.4 is 5.32 Å². The third kappa shape index (κ3) is 4.98. The number of esters is 1. The number of amidine groups is 1. The summed E-state index contributed by atoms with van der Waals surface area (Å²) in [7, 11) is 0.